The van der Waals surface area contributed by atoms with Crippen LogP contribution in [0.3, 0.4) is 0 Å². The Bertz CT molecular complexity index is 1070. The van der Waals surface area contributed by atoms with E-state index in [1.807, 2.05) is 38.1 Å². The fraction of sp³-hybridized carbons (Fsp3) is 0.300. The van der Waals surface area contributed by atoms with E-state index in [0.717, 1.165) is 15.5 Å². The Balaban J connectivity index is 1.82. The van der Waals surface area contributed by atoms with Crippen LogP contribution < -0.4 is 5.32 Å². The number of aromatic nitrogens is 2. The van der Waals surface area contributed by atoms with Crippen molar-refractivity contribution < 1.29 is 18.0 Å². The molecule has 0 spiro atoms. The van der Waals surface area contributed by atoms with Crippen molar-refractivity contribution in [2.45, 2.75) is 24.8 Å². The number of imidazole rings is 1. The van der Waals surface area contributed by atoms with Crippen LogP contribution in [0.15, 0.2) is 53.4 Å². The second-order valence-electron chi connectivity index (χ2n) is 6.96. The molecule has 2 N–H and O–H groups in total. The van der Waals surface area contributed by atoms with Gasteiger partial charge >= 0.3 is 0 Å². The van der Waals surface area contributed by atoms with Crippen molar-refractivity contribution in [3.05, 3.63) is 59.9 Å². The van der Waals surface area contributed by atoms with Crippen LogP contribution in [0.5, 0.6) is 0 Å². The molecule has 154 valence electrons. The standard InChI is InChI=1S/C20H24N4O4S/c1-13(2)18(19-21-16-7-5-6-8-17(16)22-19)23-20(25)14-9-11-15(12-10-14)29(26,27)24(3)28-4/h5-13,18H,1-4H3,(H,21,22)(H,23,25)/t18-/m0/s1. The Labute approximate surface area is 169 Å². The van der Waals surface area contributed by atoms with Gasteiger partial charge in [0.25, 0.3) is 15.9 Å². The molecule has 3 rings (SSSR count). The summed E-state index contributed by atoms with van der Waals surface area (Å²) in [5, 5.41) is 2.98. The number of hydrogen-bond donors (Lipinski definition) is 2. The monoisotopic (exact) mass is 416 g/mol. The molecule has 1 heterocycles. The molecule has 1 amide bonds. The SMILES string of the molecule is CON(C)S(=O)(=O)c1ccc(C(=O)N[C@H](c2nc3ccccc3[nH]2)C(C)C)cc1. The minimum atomic E-state index is -3.76. The lowest BCUT2D eigenvalue weighted by molar-refractivity contribution is -0.0258. The highest BCUT2D eigenvalue weighted by atomic mass is 32.2. The number of sulfonamides is 1. The van der Waals surface area contributed by atoms with Crippen molar-refractivity contribution in [3.63, 3.8) is 0 Å². The average Bonchev–Trinajstić information content (AvgIpc) is 3.14. The van der Waals surface area contributed by atoms with E-state index in [2.05, 4.69) is 15.3 Å². The summed E-state index contributed by atoms with van der Waals surface area (Å²) in [7, 11) is -1.19. The Hall–Kier alpha value is -2.75. The number of para-hydroxylation sites is 2. The number of nitrogens with zero attached hydrogens (tertiary/aromatic N) is 2. The number of carbonyl (C=O) groups is 1. The van der Waals surface area contributed by atoms with E-state index in [1.54, 1.807) is 0 Å². The largest absolute Gasteiger partial charge is 0.342 e. The Kier molecular flexibility index (Phi) is 6.02. The highest BCUT2D eigenvalue weighted by Gasteiger charge is 2.24. The summed E-state index contributed by atoms with van der Waals surface area (Å²) in [6.07, 6.45) is 0. The van der Waals surface area contributed by atoms with E-state index in [4.69, 9.17) is 4.84 Å². The second-order valence-corrected chi connectivity index (χ2v) is 8.89. The van der Waals surface area contributed by atoms with Crippen molar-refractivity contribution in [3.8, 4) is 0 Å². The molecule has 0 fully saturated rings. The normalized spacial score (nSPS) is 13.2. The van der Waals surface area contributed by atoms with E-state index in [0.29, 0.717) is 11.4 Å². The maximum absolute atomic E-state index is 12.8. The van der Waals surface area contributed by atoms with Gasteiger partial charge in [-0.05, 0) is 42.3 Å². The van der Waals surface area contributed by atoms with Crippen LogP contribution in [0.25, 0.3) is 11.0 Å². The summed E-state index contributed by atoms with van der Waals surface area (Å²) >= 11 is 0. The summed E-state index contributed by atoms with van der Waals surface area (Å²) in [5.41, 5.74) is 2.09. The molecule has 2 aromatic carbocycles. The second kappa shape index (κ2) is 8.32. The van der Waals surface area contributed by atoms with E-state index in [-0.39, 0.29) is 22.8 Å². The third kappa shape index (κ3) is 4.31. The topological polar surface area (TPSA) is 104 Å². The minimum absolute atomic E-state index is 0.0380. The quantitative estimate of drug-likeness (QED) is 0.576. The van der Waals surface area contributed by atoms with Gasteiger partial charge in [-0.1, -0.05) is 30.4 Å². The molecule has 9 heteroatoms. The lowest BCUT2D eigenvalue weighted by Crippen LogP contribution is -2.32. The van der Waals surface area contributed by atoms with Gasteiger partial charge in [0.2, 0.25) is 0 Å². The zero-order valence-corrected chi connectivity index (χ0v) is 17.5. The van der Waals surface area contributed by atoms with Gasteiger partial charge in [0, 0.05) is 12.6 Å². The number of hydrogen-bond acceptors (Lipinski definition) is 5. The van der Waals surface area contributed by atoms with Gasteiger partial charge in [-0.15, -0.1) is 0 Å². The number of benzene rings is 2. The van der Waals surface area contributed by atoms with Gasteiger partial charge in [0.05, 0.1) is 29.1 Å². The summed E-state index contributed by atoms with van der Waals surface area (Å²) in [6.45, 7) is 3.99. The molecule has 1 atom stereocenters. The summed E-state index contributed by atoms with van der Waals surface area (Å²) < 4.78 is 25.3. The molecule has 0 radical (unpaired) electrons. The van der Waals surface area contributed by atoms with Crippen LogP contribution in [-0.2, 0) is 14.9 Å². The van der Waals surface area contributed by atoms with Crippen molar-refractivity contribution in [1.29, 1.82) is 0 Å². The summed E-state index contributed by atoms with van der Waals surface area (Å²) in [6, 6.07) is 13.1. The minimum Gasteiger partial charge on any atom is -0.342 e. The highest BCUT2D eigenvalue weighted by molar-refractivity contribution is 7.89. The van der Waals surface area contributed by atoms with Crippen LogP contribution in [0, 0.1) is 5.92 Å². The molecular formula is C20H24N4O4S. The molecule has 0 aliphatic carbocycles. The molecule has 8 nitrogen and oxygen atoms in total. The van der Waals surface area contributed by atoms with Gasteiger partial charge in [-0.2, -0.15) is 0 Å². The number of amides is 1. The Morgan fingerprint density at radius 3 is 2.38 bits per heavy atom. The summed E-state index contributed by atoms with van der Waals surface area (Å²) in [5.74, 6) is 0.457. The lowest BCUT2D eigenvalue weighted by Gasteiger charge is -2.20. The van der Waals surface area contributed by atoms with Crippen molar-refractivity contribution in [2.24, 2.45) is 5.92 Å². The first-order valence-corrected chi connectivity index (χ1v) is 10.6. The van der Waals surface area contributed by atoms with E-state index >= 15 is 0 Å². The number of aromatic amines is 1. The molecule has 29 heavy (non-hydrogen) atoms. The lowest BCUT2D eigenvalue weighted by atomic mass is 10.0. The zero-order chi connectivity index (χ0) is 21.2. The molecule has 3 aromatic rings. The van der Waals surface area contributed by atoms with Gasteiger partial charge in [-0.3, -0.25) is 9.63 Å². The predicted molar refractivity (Wildman–Crippen MR) is 110 cm³/mol. The van der Waals surface area contributed by atoms with E-state index < -0.39 is 10.0 Å². The average molecular weight is 417 g/mol. The number of hydroxylamine groups is 1. The van der Waals surface area contributed by atoms with Crippen LogP contribution in [0.4, 0.5) is 0 Å². The molecule has 0 bridgehead atoms. The van der Waals surface area contributed by atoms with Crippen LogP contribution in [-0.4, -0.2) is 42.9 Å². The Morgan fingerprint density at radius 1 is 1.14 bits per heavy atom. The first-order valence-electron chi connectivity index (χ1n) is 9.12. The van der Waals surface area contributed by atoms with Gasteiger partial charge in [-0.25, -0.2) is 13.4 Å². The first-order chi connectivity index (χ1) is 13.7. The van der Waals surface area contributed by atoms with Gasteiger partial charge in [0.1, 0.15) is 5.82 Å². The number of H-pyrrole nitrogens is 1. The van der Waals surface area contributed by atoms with Gasteiger partial charge in [0.15, 0.2) is 0 Å². The number of fused-ring (bicyclic) bond motifs is 1. The zero-order valence-electron chi connectivity index (χ0n) is 16.7. The van der Waals surface area contributed by atoms with Crippen molar-refractivity contribution in [2.75, 3.05) is 14.2 Å². The van der Waals surface area contributed by atoms with Crippen molar-refractivity contribution in [1.82, 2.24) is 19.8 Å². The molecule has 0 aliphatic heterocycles. The van der Waals surface area contributed by atoms with Crippen molar-refractivity contribution >= 4 is 27.0 Å². The highest BCUT2D eigenvalue weighted by Crippen LogP contribution is 2.23. The molecule has 0 unspecified atom stereocenters. The van der Waals surface area contributed by atoms with Crippen LogP contribution >= 0.6 is 0 Å². The Morgan fingerprint density at radius 2 is 1.79 bits per heavy atom. The molecule has 0 saturated heterocycles. The van der Waals surface area contributed by atoms with E-state index in [9.17, 15) is 13.2 Å². The predicted octanol–water partition coefficient (Wildman–Crippen LogP) is 2.87. The van der Waals surface area contributed by atoms with Crippen LogP contribution in [0.2, 0.25) is 0 Å². The maximum Gasteiger partial charge on any atom is 0.264 e. The fourth-order valence-corrected chi connectivity index (χ4v) is 3.89. The first kappa shape index (κ1) is 21.0. The smallest absolute Gasteiger partial charge is 0.264 e. The number of carbonyl (C=O) groups excluding carboxylic acids is 1. The maximum atomic E-state index is 12.8. The summed E-state index contributed by atoms with van der Waals surface area (Å²) in [4.78, 5) is 25.4. The fourth-order valence-electron chi connectivity index (χ4n) is 2.92. The molecule has 0 aliphatic rings. The number of nitrogens with one attached hydrogen (secondary N) is 2. The van der Waals surface area contributed by atoms with Gasteiger partial charge < -0.3 is 10.3 Å². The number of rotatable bonds is 7. The third-order valence-corrected chi connectivity index (χ3v) is 6.36. The van der Waals surface area contributed by atoms with E-state index in [1.165, 1.54) is 38.4 Å². The third-order valence-electron chi connectivity index (χ3n) is 4.67. The molecule has 1 aromatic heterocycles. The molecular weight excluding hydrogens is 392 g/mol. The molecule has 0 saturated carbocycles. The van der Waals surface area contributed by atoms with Crippen LogP contribution in [0.1, 0.15) is 36.1 Å².